The molecule has 0 saturated carbocycles. The van der Waals surface area contributed by atoms with Crippen molar-refractivity contribution < 1.29 is 9.53 Å². The van der Waals surface area contributed by atoms with E-state index in [0.29, 0.717) is 17.0 Å². The first-order chi connectivity index (χ1) is 11.7. The number of benzene rings is 1. The van der Waals surface area contributed by atoms with Gasteiger partial charge in [0.15, 0.2) is 11.7 Å². The van der Waals surface area contributed by atoms with Crippen LogP contribution in [0.5, 0.6) is 0 Å². The second-order valence-electron chi connectivity index (χ2n) is 5.60. The number of ether oxygens (including phenoxy) is 1. The first-order valence-corrected chi connectivity index (χ1v) is 7.93. The maximum absolute atomic E-state index is 12.3. The van der Waals surface area contributed by atoms with Crippen LogP contribution in [-0.2, 0) is 9.53 Å². The molecule has 0 amide bonds. The predicted molar refractivity (Wildman–Crippen MR) is 90.5 cm³/mol. The minimum absolute atomic E-state index is 0.0665. The standard InChI is InChI=1S/C18H18N4O2/c1-2-11-24-18(23)13(12-19)16-17(22-9-5-6-10-22)21-15-8-4-3-7-14(15)20-16/h2-4,7-8,13H,1,5-6,9-11H2/t13-/m0/s1. The van der Waals surface area contributed by atoms with Gasteiger partial charge >= 0.3 is 5.97 Å². The predicted octanol–water partition coefficient (Wildman–Crippen LogP) is 2.57. The van der Waals surface area contributed by atoms with Crippen molar-refractivity contribution in [3.05, 3.63) is 42.6 Å². The van der Waals surface area contributed by atoms with Gasteiger partial charge in [0.05, 0.1) is 17.1 Å². The normalized spacial score (nSPS) is 15.0. The topological polar surface area (TPSA) is 79.1 Å². The molecule has 1 atom stereocenters. The van der Waals surface area contributed by atoms with E-state index in [9.17, 15) is 10.1 Å². The molecule has 2 heterocycles. The average Bonchev–Trinajstić information content (AvgIpc) is 3.14. The molecule has 1 aliphatic heterocycles. The van der Waals surface area contributed by atoms with Gasteiger partial charge in [0.2, 0.25) is 0 Å². The van der Waals surface area contributed by atoms with Crippen molar-refractivity contribution in [3.63, 3.8) is 0 Å². The number of rotatable bonds is 5. The number of fused-ring (bicyclic) bond motifs is 1. The van der Waals surface area contributed by atoms with Crippen LogP contribution in [0.15, 0.2) is 36.9 Å². The summed E-state index contributed by atoms with van der Waals surface area (Å²) < 4.78 is 5.06. The van der Waals surface area contributed by atoms with Gasteiger partial charge in [-0.1, -0.05) is 24.8 Å². The summed E-state index contributed by atoms with van der Waals surface area (Å²) in [5.41, 5.74) is 1.78. The maximum Gasteiger partial charge on any atom is 0.330 e. The summed E-state index contributed by atoms with van der Waals surface area (Å²) in [5, 5.41) is 9.53. The number of hydrogen-bond acceptors (Lipinski definition) is 6. The molecule has 6 nitrogen and oxygen atoms in total. The monoisotopic (exact) mass is 322 g/mol. The van der Waals surface area contributed by atoms with Gasteiger partial charge in [0.25, 0.3) is 0 Å². The molecule has 0 spiro atoms. The van der Waals surface area contributed by atoms with Gasteiger partial charge in [0.1, 0.15) is 12.3 Å². The van der Waals surface area contributed by atoms with Gasteiger partial charge in [-0.25, -0.2) is 9.97 Å². The third-order valence-corrected chi connectivity index (χ3v) is 3.97. The first-order valence-electron chi connectivity index (χ1n) is 7.93. The molecule has 1 aromatic heterocycles. The Labute approximate surface area is 140 Å². The van der Waals surface area contributed by atoms with Crippen molar-refractivity contribution >= 4 is 22.8 Å². The Balaban J connectivity index is 2.09. The highest BCUT2D eigenvalue weighted by Gasteiger charge is 2.30. The molecule has 0 N–H and O–H groups in total. The third-order valence-electron chi connectivity index (χ3n) is 3.97. The summed E-state index contributed by atoms with van der Waals surface area (Å²) in [4.78, 5) is 23.6. The molecular weight excluding hydrogens is 304 g/mol. The largest absolute Gasteiger partial charge is 0.460 e. The van der Waals surface area contributed by atoms with E-state index in [4.69, 9.17) is 4.74 Å². The number of carbonyl (C=O) groups excluding carboxylic acids is 1. The van der Waals surface area contributed by atoms with Crippen LogP contribution in [0.3, 0.4) is 0 Å². The number of esters is 1. The van der Waals surface area contributed by atoms with E-state index < -0.39 is 11.9 Å². The molecule has 24 heavy (non-hydrogen) atoms. The lowest BCUT2D eigenvalue weighted by Gasteiger charge is -2.21. The summed E-state index contributed by atoms with van der Waals surface area (Å²) >= 11 is 0. The Hall–Kier alpha value is -2.94. The van der Waals surface area contributed by atoms with E-state index in [2.05, 4.69) is 21.4 Å². The van der Waals surface area contributed by atoms with E-state index in [1.54, 1.807) is 0 Å². The SMILES string of the molecule is C=CCOC(=O)[C@@H](C#N)c1nc2ccccc2nc1N1CCCC1. The van der Waals surface area contributed by atoms with Gasteiger partial charge in [-0.3, -0.25) is 4.79 Å². The molecule has 1 aromatic carbocycles. The molecule has 1 aliphatic rings. The molecule has 6 heteroatoms. The fourth-order valence-electron chi connectivity index (χ4n) is 2.81. The number of hydrogen-bond donors (Lipinski definition) is 0. The van der Waals surface area contributed by atoms with E-state index >= 15 is 0 Å². The Bertz CT molecular complexity index is 806. The number of carbonyl (C=O) groups is 1. The number of para-hydroxylation sites is 2. The molecule has 0 aliphatic carbocycles. The minimum atomic E-state index is -1.10. The third kappa shape index (κ3) is 3.06. The Morgan fingerprint density at radius 1 is 1.33 bits per heavy atom. The van der Waals surface area contributed by atoms with E-state index in [1.807, 2.05) is 30.3 Å². The van der Waals surface area contributed by atoms with E-state index in [-0.39, 0.29) is 6.61 Å². The molecular formula is C18H18N4O2. The fourth-order valence-corrected chi connectivity index (χ4v) is 2.81. The zero-order valence-corrected chi connectivity index (χ0v) is 13.3. The smallest absolute Gasteiger partial charge is 0.330 e. The molecule has 0 radical (unpaired) electrons. The van der Waals surface area contributed by atoms with Gasteiger partial charge in [-0.2, -0.15) is 5.26 Å². The van der Waals surface area contributed by atoms with E-state index in [1.165, 1.54) is 6.08 Å². The van der Waals surface area contributed by atoms with Crippen LogP contribution in [0.4, 0.5) is 5.82 Å². The number of anilines is 1. The molecule has 1 fully saturated rings. The van der Waals surface area contributed by atoms with Gasteiger partial charge in [0, 0.05) is 13.1 Å². The van der Waals surface area contributed by atoms with Crippen molar-refractivity contribution in [2.45, 2.75) is 18.8 Å². The van der Waals surface area contributed by atoms with Crippen molar-refractivity contribution in [3.8, 4) is 6.07 Å². The van der Waals surface area contributed by atoms with Crippen LogP contribution >= 0.6 is 0 Å². The van der Waals surface area contributed by atoms with Crippen LogP contribution in [-0.4, -0.2) is 35.6 Å². The van der Waals surface area contributed by atoms with Crippen molar-refractivity contribution in [1.82, 2.24) is 9.97 Å². The molecule has 0 unspecified atom stereocenters. The van der Waals surface area contributed by atoms with Crippen LogP contribution in [0.2, 0.25) is 0 Å². The highest BCUT2D eigenvalue weighted by molar-refractivity contribution is 5.85. The van der Waals surface area contributed by atoms with E-state index in [0.717, 1.165) is 31.4 Å². The second kappa shape index (κ2) is 7.09. The summed E-state index contributed by atoms with van der Waals surface area (Å²) in [7, 11) is 0. The molecule has 122 valence electrons. The lowest BCUT2D eigenvalue weighted by molar-refractivity contribution is -0.142. The molecule has 2 aromatic rings. The summed E-state index contributed by atoms with van der Waals surface area (Å²) in [5.74, 6) is -1.12. The van der Waals surface area contributed by atoms with Gasteiger partial charge in [-0.05, 0) is 25.0 Å². The van der Waals surface area contributed by atoms with Crippen molar-refractivity contribution in [1.29, 1.82) is 5.26 Å². The molecule has 3 rings (SSSR count). The average molecular weight is 322 g/mol. The lowest BCUT2D eigenvalue weighted by Crippen LogP contribution is -2.25. The number of nitriles is 1. The Morgan fingerprint density at radius 3 is 2.62 bits per heavy atom. The van der Waals surface area contributed by atoms with Crippen LogP contribution < -0.4 is 4.90 Å². The van der Waals surface area contributed by atoms with Crippen LogP contribution in [0.1, 0.15) is 24.5 Å². The maximum atomic E-state index is 12.3. The number of aromatic nitrogens is 2. The molecule has 1 saturated heterocycles. The quantitative estimate of drug-likeness (QED) is 0.622. The minimum Gasteiger partial charge on any atom is -0.460 e. The van der Waals surface area contributed by atoms with Gasteiger partial charge in [-0.15, -0.1) is 0 Å². The fraction of sp³-hybridized carbons (Fsp3) is 0.333. The van der Waals surface area contributed by atoms with Crippen LogP contribution in [0, 0.1) is 11.3 Å². The number of nitrogens with zero attached hydrogens (tertiary/aromatic N) is 4. The zero-order chi connectivity index (χ0) is 16.9. The Kier molecular flexibility index (Phi) is 4.71. The highest BCUT2D eigenvalue weighted by atomic mass is 16.5. The van der Waals surface area contributed by atoms with Crippen molar-refractivity contribution in [2.75, 3.05) is 24.6 Å². The zero-order valence-electron chi connectivity index (χ0n) is 13.3. The first kappa shape index (κ1) is 15.9. The second-order valence-corrected chi connectivity index (χ2v) is 5.60. The van der Waals surface area contributed by atoms with Crippen LogP contribution in [0.25, 0.3) is 11.0 Å². The van der Waals surface area contributed by atoms with Crippen molar-refractivity contribution in [2.24, 2.45) is 0 Å². The summed E-state index contributed by atoms with van der Waals surface area (Å²) in [6.45, 7) is 5.28. The highest BCUT2D eigenvalue weighted by Crippen LogP contribution is 2.29. The Morgan fingerprint density at radius 2 is 2.00 bits per heavy atom. The molecule has 0 bridgehead atoms. The lowest BCUT2D eigenvalue weighted by atomic mass is 10.1. The summed E-state index contributed by atoms with van der Waals surface area (Å²) in [6, 6.07) is 9.47. The van der Waals surface area contributed by atoms with Gasteiger partial charge < -0.3 is 9.64 Å². The summed E-state index contributed by atoms with van der Waals surface area (Å²) in [6.07, 6.45) is 3.60.